The van der Waals surface area contributed by atoms with Crippen LogP contribution in [-0.4, -0.2) is 87.0 Å². The first-order valence-corrected chi connectivity index (χ1v) is 23.1. The molecule has 4 aromatic heterocycles. The highest BCUT2D eigenvalue weighted by Crippen LogP contribution is 2.44. The molecule has 3 aliphatic heterocycles. The zero-order chi connectivity index (χ0) is 44.8. The monoisotopic (exact) mass is 895 g/mol. The minimum Gasteiger partial charge on any atom is -0.495 e. The summed E-state index contributed by atoms with van der Waals surface area (Å²) in [5, 5.41) is 31.2. The van der Waals surface area contributed by atoms with Gasteiger partial charge in [0.05, 0.1) is 42.8 Å². The number of piperidine rings is 1. The van der Waals surface area contributed by atoms with Crippen molar-refractivity contribution in [2.75, 3.05) is 43.1 Å². The second-order valence-corrected chi connectivity index (χ2v) is 18.9. The highest BCUT2D eigenvalue weighted by Gasteiger charge is 2.42. The number of oxazole rings is 1. The molecule has 0 radical (unpaired) electrons. The number of methoxy groups -OCH3 is 1. The molecular formula is C48H50FN11O4S. The number of nitrogens with one attached hydrogen (secondary N) is 1. The van der Waals surface area contributed by atoms with Gasteiger partial charge in [-0.1, -0.05) is 6.07 Å². The SMILES string of the molecule is COc1cc(OC2CCC(NC(=O)c3ccc(N4CCC5(CCN(c6ccc(C7=NC(Cc8ncco8)c8nnc(C)n8-c8sc(C)c(C)c87)cc6F)CC5)C4)nn3)CC2)ccc1C#N. The number of hydrogen-bond acceptors (Lipinski definition) is 14. The van der Waals surface area contributed by atoms with Crippen LogP contribution in [0.1, 0.15) is 106 Å². The first-order valence-electron chi connectivity index (χ1n) is 22.3. The highest BCUT2D eigenvalue weighted by atomic mass is 32.1. The number of halogens is 1. The Kier molecular flexibility index (Phi) is 11.3. The fourth-order valence-corrected chi connectivity index (χ4v) is 11.2. The molecule has 1 unspecified atom stereocenters. The van der Waals surface area contributed by atoms with E-state index in [-0.39, 0.29) is 29.3 Å². The van der Waals surface area contributed by atoms with Crippen molar-refractivity contribution in [1.29, 1.82) is 5.26 Å². The first kappa shape index (κ1) is 42.3. The molecular weight excluding hydrogens is 846 g/mol. The molecule has 1 N–H and O–H groups in total. The Morgan fingerprint density at radius 3 is 2.49 bits per heavy atom. The molecule has 3 fully saturated rings. The number of nitrogens with zero attached hydrogens (tertiary/aromatic N) is 10. The maximum Gasteiger partial charge on any atom is 0.272 e. The second kappa shape index (κ2) is 17.4. The Morgan fingerprint density at radius 1 is 0.985 bits per heavy atom. The number of thiophene rings is 1. The van der Waals surface area contributed by atoms with E-state index in [0.717, 1.165) is 109 Å². The van der Waals surface area contributed by atoms with Crippen molar-refractivity contribution in [3.63, 3.8) is 0 Å². The lowest BCUT2D eigenvalue weighted by Crippen LogP contribution is -2.42. The van der Waals surface area contributed by atoms with Gasteiger partial charge < -0.3 is 29.0 Å². The van der Waals surface area contributed by atoms with Crippen LogP contribution >= 0.6 is 11.3 Å². The number of anilines is 2. The molecule has 334 valence electrons. The summed E-state index contributed by atoms with van der Waals surface area (Å²) >= 11 is 1.67. The number of benzene rings is 2. The molecule has 1 spiro atoms. The van der Waals surface area contributed by atoms with E-state index >= 15 is 4.39 Å². The number of hydrogen-bond donors (Lipinski definition) is 1. The maximum atomic E-state index is 16.4. The quantitative estimate of drug-likeness (QED) is 0.142. The van der Waals surface area contributed by atoms with Gasteiger partial charge in [0, 0.05) is 54.3 Å². The minimum absolute atomic E-state index is 0.0163. The Hall–Kier alpha value is -6.67. The number of amides is 1. The zero-order valence-electron chi connectivity index (χ0n) is 36.9. The van der Waals surface area contributed by atoms with Crippen LogP contribution in [0.5, 0.6) is 11.5 Å². The summed E-state index contributed by atoms with van der Waals surface area (Å²) in [6, 6.07) is 16.1. The highest BCUT2D eigenvalue weighted by molar-refractivity contribution is 7.15. The smallest absolute Gasteiger partial charge is 0.272 e. The normalized spacial score (nSPS) is 20.1. The molecule has 1 atom stereocenters. The van der Waals surface area contributed by atoms with E-state index in [1.807, 2.05) is 25.1 Å². The van der Waals surface area contributed by atoms with Gasteiger partial charge in [0.15, 0.2) is 23.2 Å². The fraction of sp³-hybridized carbons (Fsp3) is 0.417. The fourth-order valence-electron chi connectivity index (χ4n) is 9.94. The van der Waals surface area contributed by atoms with Gasteiger partial charge >= 0.3 is 0 Å². The van der Waals surface area contributed by atoms with Crippen molar-refractivity contribution in [2.45, 2.75) is 90.3 Å². The number of aryl methyl sites for hydroxylation is 2. The van der Waals surface area contributed by atoms with Gasteiger partial charge in [0.1, 0.15) is 46.5 Å². The molecule has 2 saturated heterocycles. The van der Waals surface area contributed by atoms with Gasteiger partial charge in [0.25, 0.3) is 5.91 Å². The summed E-state index contributed by atoms with van der Waals surface area (Å²) in [7, 11) is 1.54. The van der Waals surface area contributed by atoms with E-state index in [0.29, 0.717) is 52.1 Å². The lowest BCUT2D eigenvalue weighted by Gasteiger charge is -2.40. The molecule has 10 rings (SSSR count). The lowest BCUT2D eigenvalue weighted by molar-refractivity contribution is 0.0888. The predicted molar refractivity (Wildman–Crippen MR) is 243 cm³/mol. The largest absolute Gasteiger partial charge is 0.495 e. The average Bonchev–Trinajstić information content (AvgIpc) is 4.12. The Bertz CT molecular complexity index is 2800. The van der Waals surface area contributed by atoms with Crippen molar-refractivity contribution in [2.24, 2.45) is 10.4 Å². The van der Waals surface area contributed by atoms with Crippen LogP contribution in [0.4, 0.5) is 15.9 Å². The average molecular weight is 896 g/mol. The lowest BCUT2D eigenvalue weighted by atomic mass is 9.77. The van der Waals surface area contributed by atoms with Crippen LogP contribution in [0.15, 0.2) is 70.4 Å². The summed E-state index contributed by atoms with van der Waals surface area (Å²) in [5.41, 5.74) is 4.95. The van der Waals surface area contributed by atoms with E-state index < -0.39 is 6.04 Å². The van der Waals surface area contributed by atoms with E-state index in [1.54, 1.807) is 54.1 Å². The predicted octanol–water partition coefficient (Wildman–Crippen LogP) is 7.80. The third kappa shape index (κ3) is 8.20. The summed E-state index contributed by atoms with van der Waals surface area (Å²) in [4.78, 5) is 28.4. The number of rotatable bonds is 10. The number of carbonyl (C=O) groups is 1. The van der Waals surface area contributed by atoms with Crippen molar-refractivity contribution >= 4 is 34.5 Å². The number of nitriles is 1. The van der Waals surface area contributed by atoms with Crippen LogP contribution < -0.4 is 24.6 Å². The molecule has 1 saturated carbocycles. The van der Waals surface area contributed by atoms with Crippen LogP contribution in [0.25, 0.3) is 5.00 Å². The second-order valence-electron chi connectivity index (χ2n) is 17.7. The van der Waals surface area contributed by atoms with Crippen molar-refractivity contribution in [3.05, 3.63) is 117 Å². The van der Waals surface area contributed by atoms with Crippen LogP contribution in [-0.2, 0) is 6.42 Å². The summed E-state index contributed by atoms with van der Waals surface area (Å²) in [6.07, 6.45) is 9.60. The van der Waals surface area contributed by atoms with Crippen LogP contribution in [0.3, 0.4) is 0 Å². The van der Waals surface area contributed by atoms with Gasteiger partial charge in [0.2, 0.25) is 0 Å². The molecule has 65 heavy (non-hydrogen) atoms. The molecule has 0 bridgehead atoms. The molecule has 4 aliphatic rings. The number of aromatic nitrogens is 6. The molecule has 17 heteroatoms. The van der Waals surface area contributed by atoms with Gasteiger partial charge in [-0.25, -0.2) is 9.37 Å². The molecule has 1 amide bonds. The van der Waals surface area contributed by atoms with Gasteiger partial charge in [-0.2, -0.15) is 5.26 Å². The molecule has 2 aromatic carbocycles. The zero-order valence-corrected chi connectivity index (χ0v) is 37.7. The third-order valence-electron chi connectivity index (χ3n) is 13.7. The number of aliphatic imine (C=N–C) groups is 1. The number of ether oxygens (including phenoxy) is 2. The number of carbonyl (C=O) groups excluding carboxylic acids is 1. The molecule has 7 heterocycles. The van der Waals surface area contributed by atoms with E-state index in [4.69, 9.17) is 18.9 Å². The van der Waals surface area contributed by atoms with Crippen LogP contribution in [0, 0.1) is 43.3 Å². The van der Waals surface area contributed by atoms with Crippen molar-refractivity contribution in [3.8, 4) is 22.6 Å². The topological polar surface area (TPSA) is 173 Å². The summed E-state index contributed by atoms with van der Waals surface area (Å²) < 4.78 is 35.6. The maximum absolute atomic E-state index is 16.4. The van der Waals surface area contributed by atoms with Crippen molar-refractivity contribution < 1.29 is 23.1 Å². The van der Waals surface area contributed by atoms with Crippen molar-refractivity contribution in [1.82, 2.24) is 35.3 Å². The van der Waals surface area contributed by atoms with Crippen LogP contribution in [0.2, 0.25) is 0 Å². The number of fused-ring (bicyclic) bond motifs is 3. The Balaban J connectivity index is 0.754. The van der Waals surface area contributed by atoms with Gasteiger partial charge in [-0.15, -0.1) is 31.7 Å². The van der Waals surface area contributed by atoms with E-state index in [9.17, 15) is 10.1 Å². The summed E-state index contributed by atoms with van der Waals surface area (Å²) in [6.45, 7) is 9.31. The molecule has 1 aliphatic carbocycles. The molecule has 15 nitrogen and oxygen atoms in total. The Labute approximate surface area is 380 Å². The Morgan fingerprint density at radius 2 is 1.78 bits per heavy atom. The van der Waals surface area contributed by atoms with E-state index in [2.05, 4.69) is 65.0 Å². The molecule has 6 aromatic rings. The minimum atomic E-state index is -0.434. The van der Waals surface area contributed by atoms with Gasteiger partial charge in [-0.05, 0) is 113 Å². The third-order valence-corrected chi connectivity index (χ3v) is 14.9. The summed E-state index contributed by atoms with van der Waals surface area (Å²) in [5.74, 6) is 3.43. The first-order chi connectivity index (χ1) is 31.6. The van der Waals surface area contributed by atoms with Gasteiger partial charge in [-0.3, -0.25) is 14.4 Å². The van der Waals surface area contributed by atoms with E-state index in [1.165, 1.54) is 7.11 Å². The standard InChI is InChI=1S/C48H50FN11O4S/c1-28-29(2)65-47-43(28)44(53-38(25-42-51-18-22-63-42)45-57-54-30(3)60(45)47)31-6-13-39(36(49)23-31)58-19-15-48(16-20-58)17-21-59(27-48)41-14-12-37(55-56-41)46(61)52-33-7-10-34(11-8-33)64-35-9-5-32(26-50)40(24-35)62-4/h5-6,9,12-14,18,22-24,33-34,38H,7-8,10-11,15-17,19-21,25,27H2,1-4H3,(H,52,61).